The summed E-state index contributed by atoms with van der Waals surface area (Å²) in [5.41, 5.74) is 2.48. The van der Waals surface area contributed by atoms with Gasteiger partial charge in [-0.2, -0.15) is 0 Å². The van der Waals surface area contributed by atoms with Crippen LogP contribution in [0.2, 0.25) is 0 Å². The van der Waals surface area contributed by atoms with Crippen LogP contribution in [0, 0.1) is 6.92 Å². The van der Waals surface area contributed by atoms with Crippen molar-refractivity contribution in [1.29, 1.82) is 0 Å². The predicted molar refractivity (Wildman–Crippen MR) is 105 cm³/mol. The van der Waals surface area contributed by atoms with Crippen LogP contribution in [0.3, 0.4) is 0 Å². The van der Waals surface area contributed by atoms with E-state index in [1.807, 2.05) is 31.2 Å². The van der Waals surface area contributed by atoms with Gasteiger partial charge in [0.2, 0.25) is 11.8 Å². The zero-order valence-electron chi connectivity index (χ0n) is 16.2. The van der Waals surface area contributed by atoms with Crippen LogP contribution >= 0.6 is 0 Å². The average Bonchev–Trinajstić information content (AvgIpc) is 2.96. The quantitative estimate of drug-likeness (QED) is 0.745. The molecule has 8 nitrogen and oxygen atoms in total. The van der Waals surface area contributed by atoms with Gasteiger partial charge in [0.05, 0.1) is 11.1 Å². The summed E-state index contributed by atoms with van der Waals surface area (Å²) in [7, 11) is 0. The first kappa shape index (κ1) is 19.5. The maximum atomic E-state index is 12.8. The molecule has 152 valence electrons. The molecule has 2 N–H and O–H groups in total. The molecule has 0 bridgehead atoms. The third-order valence-electron chi connectivity index (χ3n) is 5.24. The second kappa shape index (κ2) is 7.55. The second-order valence-electron chi connectivity index (χ2n) is 7.38. The van der Waals surface area contributed by atoms with E-state index in [-0.39, 0.29) is 35.4 Å². The number of amides is 5. The van der Waals surface area contributed by atoms with Crippen LogP contribution < -0.4 is 10.6 Å². The van der Waals surface area contributed by atoms with Crippen molar-refractivity contribution in [1.82, 2.24) is 15.5 Å². The molecular weight excluding hydrogens is 386 g/mol. The van der Waals surface area contributed by atoms with Crippen LogP contribution in [0.4, 0.5) is 0 Å². The molecule has 30 heavy (non-hydrogen) atoms. The molecular formula is C22H19N3O5. The number of piperidine rings is 1. The summed E-state index contributed by atoms with van der Waals surface area (Å²) in [6.45, 7) is 2.29. The lowest BCUT2D eigenvalue weighted by Crippen LogP contribution is -2.54. The lowest BCUT2D eigenvalue weighted by Gasteiger charge is -2.27. The fourth-order valence-electron chi connectivity index (χ4n) is 3.72. The van der Waals surface area contributed by atoms with E-state index < -0.39 is 29.7 Å². The van der Waals surface area contributed by atoms with Crippen molar-refractivity contribution in [3.63, 3.8) is 0 Å². The maximum Gasteiger partial charge on any atom is 0.262 e. The maximum absolute atomic E-state index is 12.8. The summed E-state index contributed by atoms with van der Waals surface area (Å²) in [6.07, 6.45) is 0.135. The summed E-state index contributed by atoms with van der Waals surface area (Å²) in [6, 6.07) is 11.0. The highest BCUT2D eigenvalue weighted by atomic mass is 16.2. The molecule has 0 aromatic heterocycles. The van der Waals surface area contributed by atoms with Gasteiger partial charge in [0, 0.05) is 18.5 Å². The Kier molecular flexibility index (Phi) is 4.91. The molecule has 2 aliphatic heterocycles. The number of hydrogen-bond donors (Lipinski definition) is 2. The molecule has 1 saturated heterocycles. The molecule has 2 heterocycles. The van der Waals surface area contributed by atoms with E-state index in [0.717, 1.165) is 16.0 Å². The molecule has 5 amide bonds. The van der Waals surface area contributed by atoms with E-state index >= 15 is 0 Å². The van der Waals surface area contributed by atoms with E-state index in [1.54, 1.807) is 0 Å². The van der Waals surface area contributed by atoms with Gasteiger partial charge in [0.1, 0.15) is 6.04 Å². The van der Waals surface area contributed by atoms with Crippen LogP contribution in [0.25, 0.3) is 0 Å². The first-order chi connectivity index (χ1) is 14.3. The van der Waals surface area contributed by atoms with E-state index in [9.17, 15) is 24.0 Å². The van der Waals surface area contributed by atoms with Crippen molar-refractivity contribution in [2.45, 2.75) is 32.4 Å². The Balaban J connectivity index is 1.52. The highest BCUT2D eigenvalue weighted by molar-refractivity contribution is 6.24. The van der Waals surface area contributed by atoms with Gasteiger partial charge in [0.15, 0.2) is 0 Å². The number of fused-ring (bicyclic) bond motifs is 1. The zero-order valence-corrected chi connectivity index (χ0v) is 16.2. The number of hydrogen-bond acceptors (Lipinski definition) is 5. The average molecular weight is 405 g/mol. The number of carbonyl (C=O) groups is 5. The number of aryl methyl sites for hydroxylation is 1. The highest BCUT2D eigenvalue weighted by Gasteiger charge is 2.44. The monoisotopic (exact) mass is 405 g/mol. The Hall–Kier alpha value is -3.81. The van der Waals surface area contributed by atoms with Gasteiger partial charge in [-0.1, -0.05) is 29.8 Å². The van der Waals surface area contributed by atoms with Gasteiger partial charge >= 0.3 is 0 Å². The third-order valence-corrected chi connectivity index (χ3v) is 5.24. The molecule has 4 rings (SSSR count). The Morgan fingerprint density at radius 2 is 1.83 bits per heavy atom. The van der Waals surface area contributed by atoms with Gasteiger partial charge in [-0.05, 0) is 37.1 Å². The van der Waals surface area contributed by atoms with Gasteiger partial charge in [0.25, 0.3) is 17.7 Å². The van der Waals surface area contributed by atoms with E-state index in [0.29, 0.717) is 6.54 Å². The molecule has 1 atom stereocenters. The van der Waals surface area contributed by atoms with E-state index in [1.165, 1.54) is 18.2 Å². The standard InChI is InChI=1S/C22H19N3O5/c1-12-3-2-4-13(9-12)11-23-19(27)14-5-6-15-16(10-14)22(30)25(21(15)29)17-7-8-18(26)24-20(17)28/h2-6,9-10,17H,7-8,11H2,1H3,(H,23,27)(H,24,26,28). The molecule has 0 radical (unpaired) electrons. The van der Waals surface area contributed by atoms with Crippen molar-refractivity contribution < 1.29 is 24.0 Å². The Bertz CT molecular complexity index is 1110. The summed E-state index contributed by atoms with van der Waals surface area (Å²) in [4.78, 5) is 62.4. The van der Waals surface area contributed by atoms with Crippen molar-refractivity contribution in [3.8, 4) is 0 Å². The summed E-state index contributed by atoms with van der Waals surface area (Å²) in [5.74, 6) is -2.72. The first-order valence-corrected chi connectivity index (χ1v) is 9.54. The minimum absolute atomic E-state index is 0.0520. The molecule has 0 spiro atoms. The molecule has 2 aromatic rings. The predicted octanol–water partition coefficient (Wildman–Crippen LogP) is 1.33. The summed E-state index contributed by atoms with van der Waals surface area (Å²) < 4.78 is 0. The normalized spacial score (nSPS) is 18.3. The molecule has 1 fully saturated rings. The minimum atomic E-state index is -1.03. The molecule has 0 aliphatic carbocycles. The molecule has 2 aromatic carbocycles. The number of nitrogens with one attached hydrogen (secondary N) is 2. The topological polar surface area (TPSA) is 113 Å². The van der Waals surface area contributed by atoms with Crippen molar-refractivity contribution in [2.75, 3.05) is 0 Å². The van der Waals surface area contributed by atoms with Gasteiger partial charge in [-0.15, -0.1) is 0 Å². The van der Waals surface area contributed by atoms with Gasteiger partial charge < -0.3 is 5.32 Å². The Morgan fingerprint density at radius 1 is 1.07 bits per heavy atom. The van der Waals surface area contributed by atoms with Crippen LogP contribution in [-0.4, -0.2) is 40.5 Å². The van der Waals surface area contributed by atoms with Crippen LogP contribution in [0.1, 0.15) is 55.0 Å². The number of benzene rings is 2. The smallest absolute Gasteiger partial charge is 0.262 e. The lowest BCUT2D eigenvalue weighted by molar-refractivity contribution is -0.136. The van der Waals surface area contributed by atoms with Crippen LogP contribution in [-0.2, 0) is 16.1 Å². The number of rotatable bonds is 4. The fourth-order valence-corrected chi connectivity index (χ4v) is 3.72. The Labute approximate surface area is 172 Å². The largest absolute Gasteiger partial charge is 0.348 e. The fraction of sp³-hybridized carbons (Fsp3) is 0.227. The molecule has 1 unspecified atom stereocenters. The van der Waals surface area contributed by atoms with Crippen LogP contribution in [0.5, 0.6) is 0 Å². The number of carbonyl (C=O) groups excluding carboxylic acids is 5. The van der Waals surface area contributed by atoms with Gasteiger partial charge in [-0.25, -0.2) is 0 Å². The minimum Gasteiger partial charge on any atom is -0.348 e. The number of imide groups is 2. The van der Waals surface area contributed by atoms with Crippen LogP contribution in [0.15, 0.2) is 42.5 Å². The molecule has 0 saturated carbocycles. The SMILES string of the molecule is Cc1cccc(CNC(=O)c2ccc3c(c2)C(=O)N(C2CCC(=O)NC2=O)C3=O)c1. The second-order valence-corrected chi connectivity index (χ2v) is 7.38. The lowest BCUT2D eigenvalue weighted by atomic mass is 10.0. The number of nitrogens with zero attached hydrogens (tertiary/aromatic N) is 1. The highest BCUT2D eigenvalue weighted by Crippen LogP contribution is 2.28. The van der Waals surface area contributed by atoms with Crippen molar-refractivity contribution in [3.05, 3.63) is 70.3 Å². The zero-order chi connectivity index (χ0) is 21.4. The summed E-state index contributed by atoms with van der Waals surface area (Å²) >= 11 is 0. The third kappa shape index (κ3) is 3.47. The molecule has 2 aliphatic rings. The first-order valence-electron chi connectivity index (χ1n) is 9.54. The molecule has 8 heteroatoms. The van der Waals surface area contributed by atoms with E-state index in [4.69, 9.17) is 0 Å². The summed E-state index contributed by atoms with van der Waals surface area (Å²) in [5, 5.41) is 4.95. The van der Waals surface area contributed by atoms with Gasteiger partial charge in [-0.3, -0.25) is 34.2 Å². The van der Waals surface area contributed by atoms with Crippen molar-refractivity contribution >= 4 is 29.5 Å². The van der Waals surface area contributed by atoms with Crippen molar-refractivity contribution in [2.24, 2.45) is 0 Å². The Morgan fingerprint density at radius 3 is 2.57 bits per heavy atom. The van der Waals surface area contributed by atoms with E-state index in [2.05, 4.69) is 10.6 Å².